The lowest BCUT2D eigenvalue weighted by Gasteiger charge is -2.43. The topological polar surface area (TPSA) is 83.1 Å². The van der Waals surface area contributed by atoms with Crippen molar-refractivity contribution in [3.63, 3.8) is 0 Å². The molecule has 224 valence electrons. The van der Waals surface area contributed by atoms with Crippen molar-refractivity contribution in [2.75, 3.05) is 13.2 Å². The van der Waals surface area contributed by atoms with Crippen LogP contribution in [0.2, 0.25) is 0 Å². The van der Waals surface area contributed by atoms with E-state index in [9.17, 15) is 9.59 Å². The van der Waals surface area contributed by atoms with Crippen molar-refractivity contribution in [2.24, 2.45) is 5.92 Å². The third-order valence-corrected chi connectivity index (χ3v) is 7.03. The predicted molar refractivity (Wildman–Crippen MR) is 157 cm³/mol. The van der Waals surface area contributed by atoms with Crippen molar-refractivity contribution < 1.29 is 28.5 Å². The molecule has 3 rings (SSSR count). The Bertz CT molecular complexity index is 801. The summed E-state index contributed by atoms with van der Waals surface area (Å²) in [4.78, 5) is 22.1. The molecule has 1 aliphatic carbocycles. The van der Waals surface area contributed by atoms with Gasteiger partial charge in [0.15, 0.2) is 0 Å². The third kappa shape index (κ3) is 14.2. The van der Waals surface area contributed by atoms with Crippen LogP contribution in [-0.4, -0.2) is 48.6 Å². The highest BCUT2D eigenvalue weighted by Gasteiger charge is 2.40. The zero-order valence-corrected chi connectivity index (χ0v) is 25.8. The summed E-state index contributed by atoms with van der Waals surface area (Å²) in [5.41, 5.74) is 0.711. The van der Waals surface area contributed by atoms with E-state index >= 15 is 0 Å². The molecule has 7 heteroatoms. The summed E-state index contributed by atoms with van der Waals surface area (Å²) in [6, 6.07) is 10.4. The molecule has 1 saturated heterocycles. The van der Waals surface area contributed by atoms with Crippen molar-refractivity contribution in [1.82, 2.24) is 5.32 Å². The molecule has 0 bridgehead atoms. The van der Waals surface area contributed by atoms with Gasteiger partial charge in [-0.2, -0.15) is 0 Å². The summed E-state index contributed by atoms with van der Waals surface area (Å²) in [6.07, 6.45) is 8.63. The number of unbranched alkanes of at least 4 members (excludes halogenated alkanes) is 1. The number of benzene rings is 1. The molecule has 2 aliphatic rings. The lowest BCUT2D eigenvalue weighted by atomic mass is 9.78. The molecule has 0 spiro atoms. The minimum atomic E-state index is -0.328. The van der Waals surface area contributed by atoms with Gasteiger partial charge in [0.2, 0.25) is 0 Å². The first-order valence-electron chi connectivity index (χ1n) is 14.9. The van der Waals surface area contributed by atoms with Crippen LogP contribution in [-0.2, 0) is 30.3 Å². The van der Waals surface area contributed by atoms with Crippen LogP contribution in [0, 0.1) is 5.92 Å². The Morgan fingerprint density at radius 3 is 2.15 bits per heavy atom. The molecular formula is C32H55NO6. The maximum absolute atomic E-state index is 11.9. The van der Waals surface area contributed by atoms with Crippen molar-refractivity contribution >= 4 is 12.1 Å². The van der Waals surface area contributed by atoms with Crippen LogP contribution in [0.1, 0.15) is 112 Å². The fourth-order valence-corrected chi connectivity index (χ4v) is 4.95. The molecule has 39 heavy (non-hydrogen) atoms. The minimum Gasteiger partial charge on any atom is -0.460 e. The number of amides is 1. The molecule has 1 aliphatic heterocycles. The number of cyclic esters (lactones) is 1. The maximum atomic E-state index is 11.9. The molecule has 2 unspecified atom stereocenters. The number of nitrogens with one attached hydrogen (secondary N) is 1. The Hall–Kier alpha value is -2.12. The van der Waals surface area contributed by atoms with Crippen LogP contribution >= 0.6 is 0 Å². The second-order valence-corrected chi connectivity index (χ2v) is 11.4. The quantitative estimate of drug-likeness (QED) is 0.303. The fourth-order valence-electron chi connectivity index (χ4n) is 4.95. The second kappa shape index (κ2) is 18.3. The molecule has 1 aromatic carbocycles. The summed E-state index contributed by atoms with van der Waals surface area (Å²) in [6.45, 7) is 17.2. The van der Waals surface area contributed by atoms with E-state index in [0.29, 0.717) is 32.0 Å². The highest BCUT2D eigenvalue weighted by Crippen LogP contribution is 2.32. The third-order valence-electron chi connectivity index (χ3n) is 7.03. The SMILES string of the molecule is CC.CC(=O)OC(C)(C)C.CCCCC1(C(C)COC2CCC(OCc3ccccc3)CC2)CCOC(=O)N1. The first kappa shape index (κ1) is 34.9. The summed E-state index contributed by atoms with van der Waals surface area (Å²) >= 11 is 0. The van der Waals surface area contributed by atoms with Crippen molar-refractivity contribution in [3.05, 3.63) is 35.9 Å². The molecule has 2 atom stereocenters. The summed E-state index contributed by atoms with van der Waals surface area (Å²) in [5.74, 6) is 0.0476. The Kier molecular flexibility index (Phi) is 16.4. The lowest BCUT2D eigenvalue weighted by molar-refractivity contribution is -0.151. The summed E-state index contributed by atoms with van der Waals surface area (Å²) in [5, 5.41) is 3.13. The number of hydrogen-bond donors (Lipinski definition) is 1. The molecular weight excluding hydrogens is 494 g/mol. The number of carbonyl (C=O) groups excluding carboxylic acids is 2. The minimum absolute atomic E-state index is 0.193. The molecule has 1 N–H and O–H groups in total. The second-order valence-electron chi connectivity index (χ2n) is 11.4. The largest absolute Gasteiger partial charge is 0.460 e. The van der Waals surface area contributed by atoms with Gasteiger partial charge < -0.3 is 24.3 Å². The number of ether oxygens (including phenoxy) is 4. The van der Waals surface area contributed by atoms with Crippen LogP contribution in [0.15, 0.2) is 30.3 Å². The molecule has 0 radical (unpaired) electrons. The van der Waals surface area contributed by atoms with Crippen LogP contribution < -0.4 is 5.32 Å². The zero-order chi connectivity index (χ0) is 29.3. The van der Waals surface area contributed by atoms with Crippen LogP contribution in [0.25, 0.3) is 0 Å². The highest BCUT2D eigenvalue weighted by molar-refractivity contribution is 5.69. The number of rotatable bonds is 10. The highest BCUT2D eigenvalue weighted by atomic mass is 16.6. The number of hydrogen-bond acceptors (Lipinski definition) is 6. The molecule has 2 fully saturated rings. The van der Waals surface area contributed by atoms with Gasteiger partial charge in [-0.1, -0.05) is 70.9 Å². The van der Waals surface area contributed by atoms with Crippen molar-refractivity contribution in [1.29, 1.82) is 0 Å². The molecule has 1 aromatic rings. The molecule has 1 saturated carbocycles. The van der Waals surface area contributed by atoms with E-state index in [2.05, 4.69) is 43.4 Å². The monoisotopic (exact) mass is 549 g/mol. The first-order valence-corrected chi connectivity index (χ1v) is 14.9. The number of carbonyl (C=O) groups is 2. The Morgan fingerprint density at radius 1 is 1.08 bits per heavy atom. The Morgan fingerprint density at radius 2 is 1.67 bits per heavy atom. The number of alkyl carbamates (subject to hydrolysis) is 1. The Labute approximate surface area is 237 Å². The van der Waals surface area contributed by atoms with E-state index in [-0.39, 0.29) is 29.1 Å². The number of esters is 1. The van der Waals surface area contributed by atoms with Gasteiger partial charge in [0.1, 0.15) is 5.60 Å². The standard InChI is InChI=1S/C24H37NO4.C6H12O2.C2H6/c1-3-4-14-24(15-16-27-23(26)25-24)19(2)17-28-21-10-12-22(13-11-21)29-18-20-8-6-5-7-9-20;1-5(7)8-6(2,3)4;1-2/h5-9,19,21-22H,3-4,10-18H2,1-2H3,(H,25,26);1-4H3;1-2H3. The lowest BCUT2D eigenvalue weighted by Crippen LogP contribution is -2.58. The van der Waals surface area contributed by atoms with Gasteiger partial charge in [-0.25, -0.2) is 4.79 Å². The van der Waals surface area contributed by atoms with Crippen LogP contribution in [0.4, 0.5) is 4.79 Å². The fraction of sp³-hybridized carbons (Fsp3) is 0.750. The van der Waals surface area contributed by atoms with Gasteiger partial charge in [0, 0.05) is 19.3 Å². The predicted octanol–water partition coefficient (Wildman–Crippen LogP) is 7.60. The molecule has 1 heterocycles. The first-order chi connectivity index (χ1) is 18.5. The van der Waals surface area contributed by atoms with E-state index in [1.54, 1.807) is 0 Å². The van der Waals surface area contributed by atoms with E-state index in [0.717, 1.165) is 51.4 Å². The molecule has 7 nitrogen and oxygen atoms in total. The normalized spacial score (nSPS) is 23.5. The van der Waals surface area contributed by atoms with Crippen LogP contribution in [0.5, 0.6) is 0 Å². The van der Waals surface area contributed by atoms with Crippen LogP contribution in [0.3, 0.4) is 0 Å². The molecule has 1 amide bonds. The van der Waals surface area contributed by atoms with Gasteiger partial charge in [-0.05, 0) is 58.4 Å². The zero-order valence-electron chi connectivity index (χ0n) is 25.8. The maximum Gasteiger partial charge on any atom is 0.407 e. The average molecular weight is 550 g/mol. The summed E-state index contributed by atoms with van der Waals surface area (Å²) in [7, 11) is 0. The smallest absolute Gasteiger partial charge is 0.407 e. The van der Waals surface area contributed by atoms with Crippen molar-refractivity contribution in [3.8, 4) is 0 Å². The van der Waals surface area contributed by atoms with Gasteiger partial charge in [0.05, 0.1) is 37.6 Å². The van der Waals surface area contributed by atoms with Gasteiger partial charge in [0.25, 0.3) is 0 Å². The van der Waals surface area contributed by atoms with E-state index in [4.69, 9.17) is 18.9 Å². The molecule has 0 aromatic heterocycles. The summed E-state index contributed by atoms with van der Waals surface area (Å²) < 4.78 is 22.3. The van der Waals surface area contributed by atoms with E-state index in [1.807, 2.05) is 40.7 Å². The van der Waals surface area contributed by atoms with Gasteiger partial charge >= 0.3 is 12.1 Å². The van der Waals surface area contributed by atoms with E-state index < -0.39 is 0 Å². The Balaban J connectivity index is 0.000000654. The van der Waals surface area contributed by atoms with Gasteiger partial charge in [-0.3, -0.25) is 4.79 Å². The average Bonchev–Trinajstić information content (AvgIpc) is 2.90. The van der Waals surface area contributed by atoms with E-state index in [1.165, 1.54) is 12.5 Å². The van der Waals surface area contributed by atoms with Gasteiger partial charge in [-0.15, -0.1) is 0 Å². The van der Waals surface area contributed by atoms with Crippen molar-refractivity contribution in [2.45, 2.75) is 137 Å².